The second kappa shape index (κ2) is 19.3. The third-order valence-electron chi connectivity index (χ3n) is 7.90. The predicted octanol–water partition coefficient (Wildman–Crippen LogP) is 10.6. The predicted molar refractivity (Wildman–Crippen MR) is 150 cm³/mol. The molecule has 0 aromatic heterocycles. The second-order valence-electron chi connectivity index (χ2n) is 10.8. The van der Waals surface area contributed by atoms with Gasteiger partial charge in [-0.2, -0.15) is 0 Å². The van der Waals surface area contributed by atoms with Crippen molar-refractivity contribution in [2.24, 2.45) is 0 Å². The van der Waals surface area contributed by atoms with Gasteiger partial charge in [-0.3, -0.25) is 0 Å². The first-order valence-corrected chi connectivity index (χ1v) is 15.2. The zero-order chi connectivity index (χ0) is 23.4. The molecule has 0 saturated carbocycles. The van der Waals surface area contributed by atoms with Crippen molar-refractivity contribution in [2.45, 2.75) is 161 Å². The highest BCUT2D eigenvalue weighted by atomic mass is 15.2. The fraction of sp³-hybridized carbons (Fsp3) is 0.812. The summed E-state index contributed by atoms with van der Waals surface area (Å²) in [7, 11) is 0. The summed E-state index contributed by atoms with van der Waals surface area (Å²) in [6, 6.07) is 9.92. The molecule has 0 spiro atoms. The Morgan fingerprint density at radius 1 is 0.576 bits per heavy atom. The van der Waals surface area contributed by atoms with Gasteiger partial charge in [0.15, 0.2) is 0 Å². The maximum Gasteiger partial charge on any atom is 0.0402 e. The molecule has 1 atom stereocenters. The molecule has 1 aromatic rings. The summed E-state index contributed by atoms with van der Waals surface area (Å²) in [5.74, 6) is 0. The van der Waals surface area contributed by atoms with Crippen molar-refractivity contribution in [3.05, 3.63) is 29.8 Å². The Morgan fingerprint density at radius 3 is 1.55 bits per heavy atom. The van der Waals surface area contributed by atoms with E-state index in [0.29, 0.717) is 0 Å². The molecule has 0 amide bonds. The van der Waals surface area contributed by atoms with Crippen molar-refractivity contribution in [2.75, 3.05) is 11.4 Å². The zero-order valence-electron chi connectivity index (χ0n) is 22.6. The highest BCUT2D eigenvalue weighted by molar-refractivity contribution is 5.58. The van der Waals surface area contributed by atoms with Gasteiger partial charge in [-0.15, -0.1) is 0 Å². The molecule has 1 aliphatic heterocycles. The van der Waals surface area contributed by atoms with Gasteiger partial charge in [0.25, 0.3) is 0 Å². The molecule has 1 aliphatic rings. The molecule has 0 bridgehead atoms. The zero-order valence-corrected chi connectivity index (χ0v) is 22.6. The van der Waals surface area contributed by atoms with Crippen LogP contribution in [0.15, 0.2) is 24.3 Å². The average Bonchev–Trinajstić information content (AvgIpc) is 3.27. The molecule has 0 saturated heterocycles. The normalized spacial score (nSPS) is 14.1. The van der Waals surface area contributed by atoms with Crippen LogP contribution in [0.1, 0.15) is 154 Å². The molecular formula is C32H57N. The molecule has 0 fully saturated rings. The summed E-state index contributed by atoms with van der Waals surface area (Å²) in [6.45, 7) is 5.88. The number of fused-ring (bicyclic) bond motifs is 1. The van der Waals surface area contributed by atoms with Gasteiger partial charge < -0.3 is 4.90 Å². The van der Waals surface area contributed by atoms with Gasteiger partial charge in [0.1, 0.15) is 0 Å². The van der Waals surface area contributed by atoms with E-state index in [-0.39, 0.29) is 0 Å². The van der Waals surface area contributed by atoms with Gasteiger partial charge in [0.05, 0.1) is 0 Å². The molecule has 1 heterocycles. The van der Waals surface area contributed by atoms with E-state index in [2.05, 4.69) is 43.0 Å². The number of nitrogens with zero attached hydrogens (tertiary/aromatic N) is 1. The van der Waals surface area contributed by atoms with Crippen molar-refractivity contribution in [3.8, 4) is 0 Å². The summed E-state index contributed by atoms with van der Waals surface area (Å²) in [5, 5.41) is 0. The number of anilines is 1. The van der Waals surface area contributed by atoms with Gasteiger partial charge in [-0.25, -0.2) is 0 Å². The SMILES string of the molecule is CCCCCCCCCCCCCCCCCCC(CCCCC)N1CCc2ccccc21. The number of unbranched alkanes of at least 4 members (excludes halogenated alkanes) is 17. The lowest BCUT2D eigenvalue weighted by Gasteiger charge is -2.31. The molecule has 2 rings (SSSR count). The molecular weight excluding hydrogens is 398 g/mol. The quantitative estimate of drug-likeness (QED) is 0.157. The minimum Gasteiger partial charge on any atom is -0.368 e. The summed E-state index contributed by atoms with van der Waals surface area (Å²) < 4.78 is 0. The van der Waals surface area contributed by atoms with E-state index < -0.39 is 0 Å². The fourth-order valence-corrected chi connectivity index (χ4v) is 5.76. The third-order valence-corrected chi connectivity index (χ3v) is 7.90. The number of hydrogen-bond donors (Lipinski definition) is 0. The van der Waals surface area contributed by atoms with Gasteiger partial charge in [-0.1, -0.05) is 154 Å². The van der Waals surface area contributed by atoms with Gasteiger partial charge in [0, 0.05) is 18.3 Å². The first kappa shape index (κ1) is 28.3. The summed E-state index contributed by atoms with van der Waals surface area (Å²) in [5.41, 5.74) is 3.11. The van der Waals surface area contributed by atoms with Crippen LogP contribution in [-0.2, 0) is 6.42 Å². The highest BCUT2D eigenvalue weighted by Gasteiger charge is 2.25. The molecule has 0 N–H and O–H groups in total. The van der Waals surface area contributed by atoms with E-state index in [1.807, 2.05) is 0 Å². The van der Waals surface area contributed by atoms with Crippen LogP contribution in [0.3, 0.4) is 0 Å². The van der Waals surface area contributed by atoms with Crippen LogP contribution in [-0.4, -0.2) is 12.6 Å². The van der Waals surface area contributed by atoms with Gasteiger partial charge in [0.2, 0.25) is 0 Å². The van der Waals surface area contributed by atoms with E-state index in [1.54, 1.807) is 5.56 Å². The van der Waals surface area contributed by atoms with Crippen LogP contribution in [0.4, 0.5) is 5.69 Å². The van der Waals surface area contributed by atoms with Crippen molar-refractivity contribution >= 4 is 5.69 Å². The molecule has 1 aromatic carbocycles. The minimum atomic E-state index is 0.770. The van der Waals surface area contributed by atoms with Crippen LogP contribution in [0.5, 0.6) is 0 Å². The monoisotopic (exact) mass is 455 g/mol. The largest absolute Gasteiger partial charge is 0.368 e. The molecule has 190 valence electrons. The van der Waals surface area contributed by atoms with Gasteiger partial charge in [-0.05, 0) is 30.9 Å². The summed E-state index contributed by atoms with van der Waals surface area (Å²) >= 11 is 0. The van der Waals surface area contributed by atoms with Crippen molar-refractivity contribution in [1.82, 2.24) is 0 Å². The maximum absolute atomic E-state index is 2.76. The number of rotatable bonds is 22. The minimum absolute atomic E-state index is 0.770. The first-order valence-electron chi connectivity index (χ1n) is 15.2. The Bertz CT molecular complexity index is 565. The Labute approximate surface area is 208 Å². The highest BCUT2D eigenvalue weighted by Crippen LogP contribution is 2.32. The number of benzene rings is 1. The van der Waals surface area contributed by atoms with Gasteiger partial charge >= 0.3 is 0 Å². The van der Waals surface area contributed by atoms with E-state index >= 15 is 0 Å². The van der Waals surface area contributed by atoms with Crippen LogP contribution in [0.25, 0.3) is 0 Å². The molecule has 33 heavy (non-hydrogen) atoms. The van der Waals surface area contributed by atoms with Crippen LogP contribution in [0, 0.1) is 0 Å². The lowest BCUT2D eigenvalue weighted by atomic mass is 9.99. The standard InChI is InChI=1S/C32H57N/c1-3-5-7-8-9-10-11-12-13-14-15-16-17-18-19-21-26-31(25-20-6-4-2)33-29-28-30-24-22-23-27-32(30)33/h22-24,27,31H,3-21,25-26,28-29H2,1-2H3. The number of hydrogen-bond acceptors (Lipinski definition) is 1. The Hall–Kier alpha value is -0.980. The van der Waals surface area contributed by atoms with E-state index in [4.69, 9.17) is 0 Å². The Kier molecular flexibility index (Phi) is 16.6. The smallest absolute Gasteiger partial charge is 0.0402 e. The lowest BCUT2D eigenvalue weighted by Crippen LogP contribution is -2.33. The molecule has 0 radical (unpaired) electrons. The third kappa shape index (κ3) is 12.3. The van der Waals surface area contributed by atoms with Crippen LogP contribution in [0.2, 0.25) is 0 Å². The molecule has 0 aliphatic carbocycles. The van der Waals surface area contributed by atoms with E-state index in [1.165, 1.54) is 153 Å². The van der Waals surface area contributed by atoms with Crippen molar-refractivity contribution in [3.63, 3.8) is 0 Å². The molecule has 1 unspecified atom stereocenters. The summed E-state index contributed by atoms with van der Waals surface area (Å²) in [4.78, 5) is 2.76. The van der Waals surface area contributed by atoms with Crippen molar-refractivity contribution < 1.29 is 0 Å². The Morgan fingerprint density at radius 2 is 1.00 bits per heavy atom. The topological polar surface area (TPSA) is 3.24 Å². The fourth-order valence-electron chi connectivity index (χ4n) is 5.76. The maximum atomic E-state index is 2.76. The molecule has 1 heteroatoms. The lowest BCUT2D eigenvalue weighted by molar-refractivity contribution is 0.465. The van der Waals surface area contributed by atoms with E-state index in [9.17, 15) is 0 Å². The van der Waals surface area contributed by atoms with Crippen LogP contribution < -0.4 is 4.90 Å². The number of para-hydroxylation sites is 1. The molecule has 1 nitrogen and oxygen atoms in total. The van der Waals surface area contributed by atoms with Crippen LogP contribution >= 0.6 is 0 Å². The summed E-state index contributed by atoms with van der Waals surface area (Å²) in [6.07, 6.45) is 31.5. The second-order valence-corrected chi connectivity index (χ2v) is 10.8. The van der Waals surface area contributed by atoms with Crippen molar-refractivity contribution in [1.29, 1.82) is 0 Å². The first-order chi connectivity index (χ1) is 16.4. The Balaban J connectivity index is 1.47. The average molecular weight is 456 g/mol. The van der Waals surface area contributed by atoms with E-state index in [0.717, 1.165) is 6.04 Å².